The van der Waals surface area contributed by atoms with E-state index in [1.807, 2.05) is 0 Å². The van der Waals surface area contributed by atoms with Crippen LogP contribution in [0.5, 0.6) is 0 Å². The van der Waals surface area contributed by atoms with Crippen molar-refractivity contribution in [3.8, 4) is 0 Å². The third-order valence-electron chi connectivity index (χ3n) is 7.12. The Labute approximate surface area is 260 Å². The van der Waals surface area contributed by atoms with Crippen LogP contribution in [0.2, 0.25) is 0 Å². The Morgan fingerprint density at radius 3 is 2.07 bits per heavy atom. The largest absolute Gasteiger partial charge is 0.453 e. The number of thioether (sulfide) groups is 1. The van der Waals surface area contributed by atoms with E-state index in [2.05, 4.69) is 15.0 Å². The van der Waals surface area contributed by atoms with Crippen molar-refractivity contribution < 1.29 is 40.7 Å². The smallest absolute Gasteiger partial charge is 0.382 e. The van der Waals surface area contributed by atoms with E-state index in [0.717, 1.165) is 57.1 Å². The second kappa shape index (κ2) is 19.9. The fourth-order valence-corrected chi connectivity index (χ4v) is 6.43. The second-order valence-corrected chi connectivity index (χ2v) is 14.1. The van der Waals surface area contributed by atoms with Gasteiger partial charge in [0.1, 0.15) is 18.2 Å². The number of rotatable bonds is 25. The maximum absolute atomic E-state index is 12.8. The summed E-state index contributed by atoms with van der Waals surface area (Å²) in [6, 6.07) is 0. The highest BCUT2D eigenvalue weighted by molar-refractivity contribution is 7.99. The fraction of sp³-hybridized carbons (Fsp3) is 0.821. The number of ether oxygens (including phenoxy) is 1. The van der Waals surface area contributed by atoms with Crippen LogP contribution in [0.1, 0.15) is 96.8 Å². The second-order valence-electron chi connectivity index (χ2n) is 11.1. The lowest BCUT2D eigenvalue weighted by atomic mass is 10.0. The molecule has 0 aliphatic rings. The Hall–Kier alpha value is -1.54. The zero-order valence-corrected chi connectivity index (χ0v) is 27.2. The number of nitrogens with two attached hydrogens (primary N) is 1. The van der Waals surface area contributed by atoms with Crippen LogP contribution in [0, 0.1) is 0 Å². The predicted molar refractivity (Wildman–Crippen MR) is 164 cm³/mol. The molecule has 0 aromatic carbocycles. The number of hydrogen-bond donors (Lipinski definition) is 2. The first-order chi connectivity index (χ1) is 20.8. The van der Waals surface area contributed by atoms with Gasteiger partial charge < -0.3 is 24.5 Å². The van der Waals surface area contributed by atoms with E-state index in [0.29, 0.717) is 36.3 Å². The van der Waals surface area contributed by atoms with Crippen LogP contribution in [-0.2, 0) is 20.4 Å². The van der Waals surface area contributed by atoms with Crippen molar-refractivity contribution in [1.29, 1.82) is 0 Å². The van der Waals surface area contributed by atoms with Gasteiger partial charge in [0.05, 0.1) is 25.6 Å². The Bertz CT molecular complexity index is 1130. The van der Waals surface area contributed by atoms with E-state index in [9.17, 15) is 31.4 Å². The molecule has 2 rings (SSSR count). The predicted octanol–water partition coefficient (Wildman–Crippen LogP) is 8.37. The standard InChI is InChI=1S/C28H47F5N5O4PS/c1-23(19-38-21-37-24-25(34)35-20-36-26(24)38)41-22-43(39,40)42-16-18-44-17-14-12-10-8-6-4-2-3-5-7-9-11-13-15-27(29,30)28(31,32)33/h20-21,23H,2-19,22H2,1H3,(H,39,40)(H2,34,35,36)/t23-/m1/s1. The molecule has 0 aliphatic heterocycles. The van der Waals surface area contributed by atoms with Crippen LogP contribution in [-0.4, -0.2) is 67.1 Å². The molecule has 44 heavy (non-hydrogen) atoms. The molecule has 3 N–H and O–H groups in total. The van der Waals surface area contributed by atoms with Crippen molar-refractivity contribution in [3.63, 3.8) is 0 Å². The Kier molecular flexibility index (Phi) is 17.4. The van der Waals surface area contributed by atoms with Crippen molar-refractivity contribution in [1.82, 2.24) is 19.5 Å². The maximum Gasteiger partial charge on any atom is 0.453 e. The molecule has 0 saturated carbocycles. The molecule has 2 aromatic heterocycles. The fourth-order valence-electron chi connectivity index (χ4n) is 4.60. The Morgan fingerprint density at radius 1 is 0.909 bits per heavy atom. The molecule has 0 spiro atoms. The quantitative estimate of drug-likeness (QED) is 0.0607. The molecule has 16 heteroatoms. The molecule has 0 radical (unpaired) electrons. The number of hydrogen-bond acceptors (Lipinski definition) is 8. The number of aromatic nitrogens is 4. The molecule has 0 amide bonds. The minimum atomic E-state index is -5.44. The van der Waals surface area contributed by atoms with Gasteiger partial charge in [-0.2, -0.15) is 33.7 Å². The summed E-state index contributed by atoms with van der Waals surface area (Å²) in [4.78, 5) is 22.3. The molecule has 2 heterocycles. The van der Waals surface area contributed by atoms with E-state index >= 15 is 0 Å². The van der Waals surface area contributed by atoms with E-state index < -0.39 is 32.5 Å². The van der Waals surface area contributed by atoms with Crippen LogP contribution in [0.3, 0.4) is 0 Å². The van der Waals surface area contributed by atoms with Gasteiger partial charge in [-0.15, -0.1) is 0 Å². The third-order valence-corrected chi connectivity index (χ3v) is 9.21. The summed E-state index contributed by atoms with van der Waals surface area (Å²) >= 11 is 1.69. The summed E-state index contributed by atoms with van der Waals surface area (Å²) in [5.41, 5.74) is 6.85. The highest BCUT2D eigenvalue weighted by atomic mass is 32.2. The van der Waals surface area contributed by atoms with Crippen LogP contribution in [0.25, 0.3) is 11.2 Å². The number of nitrogen functional groups attached to an aromatic ring is 1. The van der Waals surface area contributed by atoms with Crippen LogP contribution in [0.15, 0.2) is 12.7 Å². The normalized spacial score (nSPS) is 14.7. The average Bonchev–Trinajstić information content (AvgIpc) is 3.36. The first-order valence-electron chi connectivity index (χ1n) is 15.3. The molecular formula is C28H47F5N5O4PS. The van der Waals surface area contributed by atoms with Gasteiger partial charge in [0, 0.05) is 12.2 Å². The molecule has 0 aliphatic carbocycles. The summed E-state index contributed by atoms with van der Waals surface area (Å²) in [6.45, 7) is 2.33. The molecule has 0 bridgehead atoms. The molecule has 0 fully saturated rings. The summed E-state index contributed by atoms with van der Waals surface area (Å²) in [5, 5.41) is 0. The number of anilines is 1. The van der Waals surface area contributed by atoms with E-state index in [-0.39, 0.29) is 24.9 Å². The van der Waals surface area contributed by atoms with Gasteiger partial charge in [0.2, 0.25) is 0 Å². The molecule has 1 unspecified atom stereocenters. The minimum Gasteiger partial charge on any atom is -0.382 e. The number of fused-ring (bicyclic) bond motifs is 1. The zero-order chi connectivity index (χ0) is 32.5. The van der Waals surface area contributed by atoms with Crippen LogP contribution < -0.4 is 5.73 Å². The molecule has 2 atom stereocenters. The Morgan fingerprint density at radius 2 is 1.48 bits per heavy atom. The number of unbranched alkanes of at least 4 members (excludes halogenated alkanes) is 12. The molecule has 2 aromatic rings. The maximum atomic E-state index is 12.8. The van der Waals surface area contributed by atoms with Gasteiger partial charge in [0.15, 0.2) is 11.5 Å². The number of alkyl halides is 5. The SMILES string of the molecule is C[C@H](Cn1cnc2c(N)ncnc21)OCP(=O)(O)OCCSCCCCCCCCCCCCCCCC(F)(F)C(F)(F)F. The number of halogens is 5. The first kappa shape index (κ1) is 38.6. The van der Waals surface area contributed by atoms with Gasteiger partial charge in [0.25, 0.3) is 0 Å². The van der Waals surface area contributed by atoms with Crippen molar-refractivity contribution in [3.05, 3.63) is 12.7 Å². The lowest BCUT2D eigenvalue weighted by Crippen LogP contribution is -2.36. The van der Waals surface area contributed by atoms with Crippen LogP contribution >= 0.6 is 19.4 Å². The monoisotopic (exact) mass is 675 g/mol. The van der Waals surface area contributed by atoms with Gasteiger partial charge in [-0.1, -0.05) is 70.6 Å². The molecule has 254 valence electrons. The average molecular weight is 676 g/mol. The van der Waals surface area contributed by atoms with Crippen molar-refractivity contribution in [2.75, 3.05) is 30.2 Å². The summed E-state index contributed by atoms with van der Waals surface area (Å²) < 4.78 is 86.8. The highest BCUT2D eigenvalue weighted by Gasteiger charge is 2.56. The van der Waals surface area contributed by atoms with Crippen molar-refractivity contribution in [2.45, 2.75) is 122 Å². The van der Waals surface area contributed by atoms with Gasteiger partial charge in [-0.25, -0.2) is 15.0 Å². The summed E-state index contributed by atoms with van der Waals surface area (Å²) in [7, 11) is -3.86. The lowest BCUT2D eigenvalue weighted by Gasteiger charge is -2.19. The van der Waals surface area contributed by atoms with Crippen LogP contribution in [0.4, 0.5) is 27.8 Å². The topological polar surface area (TPSA) is 125 Å². The van der Waals surface area contributed by atoms with Gasteiger partial charge >= 0.3 is 19.7 Å². The third kappa shape index (κ3) is 15.2. The van der Waals surface area contributed by atoms with E-state index in [1.165, 1.54) is 19.2 Å². The molecular weight excluding hydrogens is 628 g/mol. The zero-order valence-electron chi connectivity index (χ0n) is 25.5. The van der Waals surface area contributed by atoms with Crippen molar-refractivity contribution in [2.24, 2.45) is 0 Å². The Balaban J connectivity index is 1.35. The van der Waals surface area contributed by atoms with E-state index in [1.54, 1.807) is 29.6 Å². The first-order valence-corrected chi connectivity index (χ1v) is 18.3. The van der Waals surface area contributed by atoms with E-state index in [4.69, 9.17) is 15.0 Å². The van der Waals surface area contributed by atoms with Gasteiger partial charge in [-0.05, 0) is 25.5 Å². The summed E-state index contributed by atoms with van der Waals surface area (Å²) in [6.07, 6.45) is 7.52. The highest BCUT2D eigenvalue weighted by Crippen LogP contribution is 2.42. The lowest BCUT2D eigenvalue weighted by molar-refractivity contribution is -0.284. The van der Waals surface area contributed by atoms with Gasteiger partial charge in [-0.3, -0.25) is 4.57 Å². The molecule has 0 saturated heterocycles. The minimum absolute atomic E-state index is 0.0976. The number of nitrogens with zero attached hydrogens (tertiary/aromatic N) is 4. The van der Waals surface area contributed by atoms with Crippen molar-refractivity contribution >= 4 is 36.3 Å². The summed E-state index contributed by atoms with van der Waals surface area (Å²) in [5.74, 6) is -2.69. The number of imidazole rings is 1. The molecule has 9 nitrogen and oxygen atoms in total.